The zero-order chi connectivity index (χ0) is 11.5. The van der Waals surface area contributed by atoms with Gasteiger partial charge in [0.2, 0.25) is 0 Å². The van der Waals surface area contributed by atoms with E-state index in [1.807, 2.05) is 0 Å². The van der Waals surface area contributed by atoms with Crippen LogP contribution in [0, 0.1) is 24.7 Å². The van der Waals surface area contributed by atoms with Crippen molar-refractivity contribution >= 4 is 15.1 Å². The Balaban J connectivity index is 1.97. The van der Waals surface area contributed by atoms with Gasteiger partial charge in [-0.05, 0) is 0 Å². The van der Waals surface area contributed by atoms with E-state index < -0.39 is 0 Å². The number of benzene rings is 1. The van der Waals surface area contributed by atoms with Gasteiger partial charge in [-0.3, -0.25) is 0 Å². The van der Waals surface area contributed by atoms with E-state index in [0.29, 0.717) is 12.0 Å². The Morgan fingerprint density at radius 2 is 1.75 bits per heavy atom. The topological polar surface area (TPSA) is 46.2 Å². The molecule has 3 nitrogen and oxygen atoms in total. The third-order valence-corrected chi connectivity index (χ3v) is 3.41. The summed E-state index contributed by atoms with van der Waals surface area (Å²) in [4.78, 5) is 22.2. The summed E-state index contributed by atoms with van der Waals surface area (Å²) in [6.07, 6.45) is 2.80. The molecular weight excluding hydrogens is 400 g/mol. The maximum absolute atomic E-state index is 11.3. The molecule has 1 aliphatic rings. The first-order chi connectivity index (χ1) is 7.65. The van der Waals surface area contributed by atoms with Crippen molar-refractivity contribution in [3.8, 4) is 0 Å². The molecule has 0 aliphatic carbocycles. The van der Waals surface area contributed by atoms with Crippen molar-refractivity contribution in [3.63, 3.8) is 0 Å². The fraction of sp³-hybridized carbons (Fsp3) is 0.167. The van der Waals surface area contributed by atoms with Crippen molar-refractivity contribution < 1.29 is 34.3 Å². The van der Waals surface area contributed by atoms with Crippen molar-refractivity contribution in [2.45, 2.75) is 12.8 Å². The molecule has 0 unspecified atom stereocenters. The molecule has 1 N–H and O–H groups in total. The van der Waals surface area contributed by atoms with Gasteiger partial charge < -0.3 is 0 Å². The van der Waals surface area contributed by atoms with Crippen molar-refractivity contribution in [1.82, 2.24) is 5.32 Å². The molecule has 0 atom stereocenters. The van der Waals surface area contributed by atoms with E-state index in [0.717, 1.165) is 6.42 Å². The van der Waals surface area contributed by atoms with Gasteiger partial charge in [-0.15, -0.1) is 0 Å². The summed E-state index contributed by atoms with van der Waals surface area (Å²) in [5.41, 5.74) is 1.77. The standard InChI is InChI=1S/C12H10AtNO2/c13-10-5-2-8(3-6-10)1-4-9-7-11(15)14-12(9)16/h2-3,5-7H,1,4H2,(H,14,15,16). The van der Waals surface area contributed by atoms with Gasteiger partial charge in [0.15, 0.2) is 0 Å². The number of amides is 2. The Labute approximate surface area is 109 Å². The number of carbonyl (C=O) groups excluding carboxylic acids is 2. The van der Waals surface area contributed by atoms with E-state index >= 15 is 0 Å². The third-order valence-electron chi connectivity index (χ3n) is 2.43. The molecule has 2 rings (SSSR count). The molecule has 0 bridgehead atoms. The van der Waals surface area contributed by atoms with Crippen LogP contribution in [0.3, 0.4) is 0 Å². The van der Waals surface area contributed by atoms with Gasteiger partial charge in [-0.1, -0.05) is 0 Å². The Morgan fingerprint density at radius 3 is 2.31 bits per heavy atom. The molecule has 1 heterocycles. The van der Waals surface area contributed by atoms with Crippen LogP contribution >= 0.6 is 0 Å². The van der Waals surface area contributed by atoms with Gasteiger partial charge in [0.25, 0.3) is 0 Å². The zero-order valence-corrected chi connectivity index (χ0v) is 11.4. The van der Waals surface area contributed by atoms with Crippen LogP contribution in [0.5, 0.6) is 0 Å². The second-order valence-electron chi connectivity index (χ2n) is 3.61. The van der Waals surface area contributed by atoms with Crippen LogP contribution < -0.4 is 8.59 Å². The van der Waals surface area contributed by atoms with Gasteiger partial charge in [0, 0.05) is 0 Å². The van der Waals surface area contributed by atoms with Gasteiger partial charge in [0.1, 0.15) is 0 Å². The Hall–Kier alpha value is -1.02. The molecule has 1 aliphatic heterocycles. The zero-order valence-electron chi connectivity index (χ0n) is 8.50. The molecule has 0 saturated carbocycles. The van der Waals surface area contributed by atoms with Crippen LogP contribution in [0.2, 0.25) is 0 Å². The average Bonchev–Trinajstić information content (AvgIpc) is 2.57. The van der Waals surface area contributed by atoms with Crippen molar-refractivity contribution in [2.24, 2.45) is 0 Å². The van der Waals surface area contributed by atoms with Gasteiger partial charge in [-0.2, -0.15) is 0 Å². The Bertz CT molecular complexity index is 462. The maximum atomic E-state index is 11.3. The third kappa shape index (κ3) is 2.76. The number of carbonyl (C=O) groups is 2. The molecule has 16 heavy (non-hydrogen) atoms. The number of hydrogen-bond acceptors (Lipinski definition) is 2. The minimum atomic E-state index is -0.300. The molecule has 0 spiro atoms. The molecule has 0 fully saturated rings. The van der Waals surface area contributed by atoms with Crippen molar-refractivity contribution in [3.05, 3.63) is 41.5 Å². The number of imide groups is 1. The van der Waals surface area contributed by atoms with Crippen LogP contribution in [0.4, 0.5) is 0 Å². The Kier molecular flexibility index (Phi) is 3.50. The van der Waals surface area contributed by atoms with E-state index in [2.05, 4.69) is 29.6 Å². The van der Waals surface area contributed by atoms with E-state index in [-0.39, 0.29) is 11.8 Å². The Morgan fingerprint density at radius 1 is 1.06 bits per heavy atom. The molecular formula is C12H10AtNO2. The summed E-state index contributed by atoms with van der Waals surface area (Å²) in [6, 6.07) is 8.26. The predicted molar refractivity (Wildman–Crippen MR) is 55.6 cm³/mol. The first kappa shape index (κ1) is 11.5. The predicted octanol–water partition coefficient (Wildman–Crippen LogP) is 0.377. The van der Waals surface area contributed by atoms with Crippen LogP contribution in [-0.4, -0.2) is 11.8 Å². The monoisotopic (exact) mass is 410 g/mol. The quantitative estimate of drug-likeness (QED) is 0.733. The van der Waals surface area contributed by atoms with Gasteiger partial charge in [0.05, 0.1) is 0 Å². The molecule has 82 valence electrons. The minimum absolute atomic E-state index is 0.250. The summed E-state index contributed by atoms with van der Waals surface area (Å²) in [5.74, 6) is -0.550. The fourth-order valence-electron chi connectivity index (χ4n) is 1.57. The molecule has 0 radical (unpaired) electrons. The van der Waals surface area contributed by atoms with Crippen LogP contribution in [0.15, 0.2) is 35.9 Å². The van der Waals surface area contributed by atoms with E-state index in [9.17, 15) is 9.59 Å². The second-order valence-corrected chi connectivity index (χ2v) is 5.31. The van der Waals surface area contributed by atoms with Gasteiger partial charge in [-0.25, -0.2) is 0 Å². The number of rotatable bonds is 3. The summed E-state index contributed by atoms with van der Waals surface area (Å²) >= 11 is 1.65. The molecule has 4 heteroatoms. The van der Waals surface area contributed by atoms with Gasteiger partial charge >= 0.3 is 109 Å². The van der Waals surface area contributed by atoms with Crippen molar-refractivity contribution in [2.75, 3.05) is 0 Å². The summed E-state index contributed by atoms with van der Waals surface area (Å²) < 4.78 is 1.27. The molecule has 2 amide bonds. The van der Waals surface area contributed by atoms with E-state index in [4.69, 9.17) is 0 Å². The van der Waals surface area contributed by atoms with E-state index in [1.165, 1.54) is 14.9 Å². The molecule has 1 aromatic carbocycles. The fourth-order valence-corrected chi connectivity index (χ4v) is 2.06. The molecule has 0 saturated heterocycles. The summed E-state index contributed by atoms with van der Waals surface area (Å²) in [5, 5.41) is 2.24. The summed E-state index contributed by atoms with van der Waals surface area (Å²) in [6.45, 7) is 0. The average molecular weight is 410 g/mol. The SMILES string of the molecule is O=C1C=C(CCc2ccc([At])cc2)C(=O)N1. The first-order valence-corrected chi connectivity index (χ1v) is 6.42. The number of hydrogen-bond donors (Lipinski definition) is 1. The van der Waals surface area contributed by atoms with Crippen LogP contribution in [-0.2, 0) is 16.0 Å². The van der Waals surface area contributed by atoms with Crippen molar-refractivity contribution in [1.29, 1.82) is 0 Å². The number of aryl methyl sites for hydroxylation is 1. The first-order valence-electron chi connectivity index (χ1n) is 4.95. The molecule has 0 aromatic heterocycles. The summed E-state index contributed by atoms with van der Waals surface area (Å²) in [7, 11) is 0. The molecule has 1 aromatic rings. The normalized spacial score (nSPS) is 14.9. The van der Waals surface area contributed by atoms with Crippen LogP contribution in [0.25, 0.3) is 0 Å². The van der Waals surface area contributed by atoms with E-state index in [1.54, 1.807) is 24.7 Å². The van der Waals surface area contributed by atoms with Crippen LogP contribution in [0.1, 0.15) is 12.0 Å². The second kappa shape index (κ2) is 4.88. The number of nitrogens with one attached hydrogen (secondary N) is 1.